The van der Waals surface area contributed by atoms with Gasteiger partial charge in [0.25, 0.3) is 0 Å². The molecule has 0 bridgehead atoms. The third kappa shape index (κ3) is 8.87. The van der Waals surface area contributed by atoms with E-state index in [0.29, 0.717) is 6.42 Å². The van der Waals surface area contributed by atoms with Crippen LogP contribution in [0.3, 0.4) is 0 Å². The highest BCUT2D eigenvalue weighted by Crippen LogP contribution is 2.14. The van der Waals surface area contributed by atoms with Crippen molar-refractivity contribution in [2.45, 2.75) is 38.5 Å². The highest BCUT2D eigenvalue weighted by Gasteiger charge is 2.08. The second-order valence-corrected chi connectivity index (χ2v) is 7.42. The lowest BCUT2D eigenvalue weighted by molar-refractivity contribution is -0.140. The number of ether oxygens (including phenoxy) is 3. The number of rotatable bonds is 14. The Morgan fingerprint density at radius 3 is 1.53 bits per heavy atom. The Balaban J connectivity index is 1.79. The van der Waals surface area contributed by atoms with Crippen LogP contribution in [0.2, 0.25) is 0 Å². The Morgan fingerprint density at radius 2 is 1.13 bits per heavy atom. The highest BCUT2D eigenvalue weighted by molar-refractivity contribution is 5.69. The van der Waals surface area contributed by atoms with Crippen LogP contribution in [0, 0.1) is 0 Å². The Labute approximate surface area is 180 Å². The molecule has 0 amide bonds. The minimum Gasteiger partial charge on any atom is -0.497 e. The second-order valence-electron chi connectivity index (χ2n) is 7.42. The van der Waals surface area contributed by atoms with Crippen molar-refractivity contribution in [2.24, 2.45) is 0 Å². The van der Waals surface area contributed by atoms with Crippen molar-refractivity contribution in [2.75, 3.05) is 41.0 Å². The number of hydrogen-bond acceptors (Lipinski definition) is 5. The van der Waals surface area contributed by atoms with Gasteiger partial charge in [-0.25, -0.2) is 0 Å². The van der Waals surface area contributed by atoms with Crippen LogP contribution in [0.4, 0.5) is 0 Å². The maximum Gasteiger partial charge on any atom is 0.305 e. The molecular weight excluding hydrogens is 378 g/mol. The highest BCUT2D eigenvalue weighted by atomic mass is 16.5. The number of methoxy groups -OCH3 is 3. The van der Waals surface area contributed by atoms with E-state index in [9.17, 15) is 4.79 Å². The van der Waals surface area contributed by atoms with Gasteiger partial charge < -0.3 is 19.1 Å². The quantitative estimate of drug-likeness (QED) is 0.426. The van der Waals surface area contributed by atoms with Crippen molar-refractivity contribution in [3.63, 3.8) is 0 Å². The van der Waals surface area contributed by atoms with Crippen LogP contribution < -0.4 is 9.47 Å². The van der Waals surface area contributed by atoms with Gasteiger partial charge in [-0.2, -0.15) is 0 Å². The molecule has 2 aromatic rings. The number of aryl methyl sites for hydroxylation is 2. The summed E-state index contributed by atoms with van der Waals surface area (Å²) in [5, 5.41) is 0. The zero-order chi connectivity index (χ0) is 21.6. The van der Waals surface area contributed by atoms with E-state index < -0.39 is 0 Å². The van der Waals surface area contributed by atoms with Gasteiger partial charge >= 0.3 is 5.97 Å². The lowest BCUT2D eigenvalue weighted by Crippen LogP contribution is -2.28. The Hall–Kier alpha value is -2.53. The molecule has 0 aliphatic rings. The van der Waals surface area contributed by atoms with Gasteiger partial charge in [0.15, 0.2) is 0 Å². The topological polar surface area (TPSA) is 48.0 Å². The molecule has 0 saturated carbocycles. The van der Waals surface area contributed by atoms with E-state index in [2.05, 4.69) is 29.2 Å². The maximum atomic E-state index is 11.4. The molecule has 164 valence electrons. The van der Waals surface area contributed by atoms with Crippen LogP contribution in [-0.2, 0) is 22.4 Å². The average molecular weight is 414 g/mol. The Morgan fingerprint density at radius 1 is 0.700 bits per heavy atom. The summed E-state index contributed by atoms with van der Waals surface area (Å²) >= 11 is 0. The average Bonchev–Trinajstić information content (AvgIpc) is 2.79. The van der Waals surface area contributed by atoms with Crippen molar-refractivity contribution in [3.8, 4) is 11.5 Å². The minimum atomic E-state index is -0.133. The molecule has 0 aromatic heterocycles. The van der Waals surface area contributed by atoms with Crippen molar-refractivity contribution in [1.82, 2.24) is 4.90 Å². The fourth-order valence-electron chi connectivity index (χ4n) is 3.48. The van der Waals surface area contributed by atoms with Crippen LogP contribution in [0.5, 0.6) is 11.5 Å². The number of esters is 1. The van der Waals surface area contributed by atoms with Gasteiger partial charge in [0.1, 0.15) is 11.5 Å². The Bertz CT molecular complexity index is 674. The number of benzene rings is 2. The van der Waals surface area contributed by atoms with Gasteiger partial charge in [0.05, 0.1) is 21.3 Å². The molecule has 30 heavy (non-hydrogen) atoms. The molecule has 0 aliphatic heterocycles. The molecule has 0 aliphatic carbocycles. The van der Waals surface area contributed by atoms with E-state index in [4.69, 9.17) is 14.2 Å². The summed E-state index contributed by atoms with van der Waals surface area (Å²) in [7, 11) is 4.82. The largest absolute Gasteiger partial charge is 0.497 e. The smallest absolute Gasteiger partial charge is 0.305 e. The van der Waals surface area contributed by atoms with E-state index in [1.165, 1.54) is 18.2 Å². The number of nitrogens with zero attached hydrogens (tertiary/aromatic N) is 1. The first kappa shape index (κ1) is 23.7. The summed E-state index contributed by atoms with van der Waals surface area (Å²) in [6.07, 6.45) is 5.56. The molecule has 0 N–H and O–H groups in total. The second kappa shape index (κ2) is 13.6. The number of carbonyl (C=O) groups is 1. The van der Waals surface area contributed by atoms with Gasteiger partial charge in [-0.3, -0.25) is 4.79 Å². The molecule has 2 aromatic carbocycles. The zero-order valence-corrected chi connectivity index (χ0v) is 18.6. The van der Waals surface area contributed by atoms with Crippen LogP contribution >= 0.6 is 0 Å². The lowest BCUT2D eigenvalue weighted by atomic mass is 10.1. The van der Waals surface area contributed by atoms with E-state index in [1.54, 1.807) is 14.2 Å². The third-order valence-corrected chi connectivity index (χ3v) is 5.28. The summed E-state index contributed by atoms with van der Waals surface area (Å²) in [6, 6.07) is 16.6. The first-order chi connectivity index (χ1) is 14.6. The molecule has 0 atom stereocenters. The molecule has 0 spiro atoms. The predicted octanol–water partition coefficient (Wildman–Crippen LogP) is 4.52. The molecule has 5 nitrogen and oxygen atoms in total. The summed E-state index contributed by atoms with van der Waals surface area (Å²) in [4.78, 5) is 13.9. The SMILES string of the molecule is COC(=O)CCCN(CCCc1ccc(OC)cc1)CCCc1ccc(OC)cc1. The summed E-state index contributed by atoms with van der Waals surface area (Å²) in [5.74, 6) is 1.65. The first-order valence-corrected chi connectivity index (χ1v) is 10.7. The van der Waals surface area contributed by atoms with Gasteiger partial charge in [-0.1, -0.05) is 24.3 Å². The van der Waals surface area contributed by atoms with Crippen molar-refractivity contribution < 1.29 is 19.0 Å². The monoisotopic (exact) mass is 413 g/mol. The standard InChI is InChI=1S/C25H35NO4/c1-28-23-14-10-21(11-15-23)7-4-18-26(20-6-9-25(27)30-3)19-5-8-22-12-16-24(29-2)17-13-22/h10-17H,4-9,18-20H2,1-3H3. The Kier molecular flexibility index (Phi) is 10.8. The molecule has 0 saturated heterocycles. The third-order valence-electron chi connectivity index (χ3n) is 5.28. The van der Waals surface area contributed by atoms with Gasteiger partial charge in [-0.05, 0) is 87.1 Å². The van der Waals surface area contributed by atoms with E-state index in [0.717, 1.165) is 63.2 Å². The number of hydrogen-bond donors (Lipinski definition) is 0. The summed E-state index contributed by atoms with van der Waals surface area (Å²) < 4.78 is 15.2. The van der Waals surface area contributed by atoms with Crippen LogP contribution in [0.1, 0.15) is 36.8 Å². The molecule has 5 heteroatoms. The van der Waals surface area contributed by atoms with Crippen LogP contribution in [-0.4, -0.2) is 51.8 Å². The first-order valence-electron chi connectivity index (χ1n) is 10.7. The molecule has 2 rings (SSSR count). The summed E-state index contributed by atoms with van der Waals surface area (Å²) in [5.41, 5.74) is 2.65. The zero-order valence-electron chi connectivity index (χ0n) is 18.6. The van der Waals surface area contributed by atoms with E-state index in [-0.39, 0.29) is 5.97 Å². The molecule has 0 unspecified atom stereocenters. The molecule has 0 fully saturated rings. The maximum absolute atomic E-state index is 11.4. The van der Waals surface area contributed by atoms with Crippen LogP contribution in [0.15, 0.2) is 48.5 Å². The van der Waals surface area contributed by atoms with E-state index in [1.807, 2.05) is 24.3 Å². The van der Waals surface area contributed by atoms with Gasteiger partial charge in [0.2, 0.25) is 0 Å². The summed E-state index contributed by atoms with van der Waals surface area (Å²) in [6.45, 7) is 2.96. The van der Waals surface area contributed by atoms with Gasteiger partial charge in [0, 0.05) is 6.42 Å². The van der Waals surface area contributed by atoms with Crippen molar-refractivity contribution in [1.29, 1.82) is 0 Å². The van der Waals surface area contributed by atoms with Gasteiger partial charge in [-0.15, -0.1) is 0 Å². The molecular formula is C25H35NO4. The predicted molar refractivity (Wildman–Crippen MR) is 120 cm³/mol. The fourth-order valence-corrected chi connectivity index (χ4v) is 3.48. The van der Waals surface area contributed by atoms with Crippen LogP contribution in [0.25, 0.3) is 0 Å². The molecule has 0 radical (unpaired) electrons. The fraction of sp³-hybridized carbons (Fsp3) is 0.480. The van der Waals surface area contributed by atoms with Crippen molar-refractivity contribution >= 4 is 5.97 Å². The van der Waals surface area contributed by atoms with Crippen molar-refractivity contribution in [3.05, 3.63) is 59.7 Å². The van der Waals surface area contributed by atoms with E-state index >= 15 is 0 Å². The number of carbonyl (C=O) groups excluding carboxylic acids is 1. The lowest BCUT2D eigenvalue weighted by Gasteiger charge is -2.22. The molecule has 0 heterocycles. The minimum absolute atomic E-state index is 0.133. The normalized spacial score (nSPS) is 10.8.